The predicted octanol–water partition coefficient (Wildman–Crippen LogP) is -1.40. The molecule has 2 N–H and O–H groups in total. The fourth-order valence-corrected chi connectivity index (χ4v) is 1.31. The number of nitrogens with zero attached hydrogens (tertiary/aromatic N) is 1. The highest BCUT2D eigenvalue weighted by Gasteiger charge is 2.08. The first-order valence-corrected chi connectivity index (χ1v) is 6.41. The molecule has 0 bridgehead atoms. The van der Waals surface area contributed by atoms with Crippen molar-refractivity contribution in [1.82, 2.24) is 14.9 Å². The van der Waals surface area contributed by atoms with Crippen LogP contribution in [0.2, 0.25) is 0 Å². The van der Waals surface area contributed by atoms with Crippen molar-refractivity contribution in [3.8, 4) is 0 Å². The number of hydrogen-bond acceptors (Lipinski definition) is 4. The Morgan fingerprint density at radius 1 is 1.33 bits per heavy atom. The summed E-state index contributed by atoms with van der Waals surface area (Å²) in [6, 6.07) is 0. The fourth-order valence-electron chi connectivity index (χ4n) is 0.759. The molecular formula is C8H19N3O3S. The number of carbonyl (C=O) groups is 1. The van der Waals surface area contributed by atoms with E-state index >= 15 is 0 Å². The number of likely N-dealkylation sites (N-methyl/N-ethyl adjacent to an activating group) is 1. The summed E-state index contributed by atoms with van der Waals surface area (Å²) in [4.78, 5) is 13.1. The molecule has 7 heteroatoms. The summed E-state index contributed by atoms with van der Waals surface area (Å²) in [5.41, 5.74) is 0. The predicted molar refractivity (Wildman–Crippen MR) is 59.0 cm³/mol. The summed E-state index contributed by atoms with van der Waals surface area (Å²) in [5, 5.41) is 2.60. The molecule has 0 aromatic heterocycles. The third-order valence-electron chi connectivity index (χ3n) is 1.71. The molecule has 0 saturated heterocycles. The van der Waals surface area contributed by atoms with Crippen molar-refractivity contribution < 1.29 is 13.2 Å². The Bertz CT molecular complexity index is 288. The average molecular weight is 237 g/mol. The quantitative estimate of drug-likeness (QED) is 0.571. The van der Waals surface area contributed by atoms with E-state index in [4.69, 9.17) is 0 Å². The molecule has 0 aromatic rings. The molecule has 6 nitrogen and oxygen atoms in total. The second-order valence-electron chi connectivity index (χ2n) is 3.38. The largest absolute Gasteiger partial charge is 0.354 e. The number of sulfonamides is 1. The van der Waals surface area contributed by atoms with Gasteiger partial charge in [0.1, 0.15) is 0 Å². The molecule has 0 unspecified atom stereocenters. The molecule has 0 saturated carbocycles. The van der Waals surface area contributed by atoms with E-state index in [-0.39, 0.29) is 18.2 Å². The standard InChI is InChI=1S/C8H19N3O3S/c1-4-15(13,14)10-7-8(12)9-5-6-11(2)3/h10H,4-7H2,1-3H3,(H,9,12). The molecule has 0 heterocycles. The monoisotopic (exact) mass is 237 g/mol. The maximum Gasteiger partial charge on any atom is 0.235 e. The van der Waals surface area contributed by atoms with E-state index in [9.17, 15) is 13.2 Å². The molecule has 0 aromatic carbocycles. The first-order chi connectivity index (χ1) is 6.87. The van der Waals surface area contributed by atoms with Crippen LogP contribution >= 0.6 is 0 Å². The van der Waals surface area contributed by atoms with Crippen LogP contribution in [0.1, 0.15) is 6.92 Å². The first kappa shape index (κ1) is 14.3. The maximum absolute atomic E-state index is 11.1. The van der Waals surface area contributed by atoms with Crippen molar-refractivity contribution in [1.29, 1.82) is 0 Å². The van der Waals surface area contributed by atoms with Crippen LogP contribution in [0.4, 0.5) is 0 Å². The van der Waals surface area contributed by atoms with Crippen molar-refractivity contribution in [3.63, 3.8) is 0 Å². The molecule has 0 rings (SSSR count). The highest BCUT2D eigenvalue weighted by atomic mass is 32.2. The summed E-state index contributed by atoms with van der Waals surface area (Å²) in [6.07, 6.45) is 0. The molecule has 0 spiro atoms. The summed E-state index contributed by atoms with van der Waals surface area (Å²) in [7, 11) is 0.512. The molecule has 0 radical (unpaired) electrons. The third-order valence-corrected chi connectivity index (χ3v) is 3.06. The molecule has 0 atom stereocenters. The highest BCUT2D eigenvalue weighted by Crippen LogP contribution is 1.80. The van der Waals surface area contributed by atoms with E-state index in [1.165, 1.54) is 6.92 Å². The van der Waals surface area contributed by atoms with Gasteiger partial charge in [-0.25, -0.2) is 13.1 Å². The van der Waals surface area contributed by atoms with Crippen LogP contribution < -0.4 is 10.0 Å². The minimum Gasteiger partial charge on any atom is -0.354 e. The summed E-state index contributed by atoms with van der Waals surface area (Å²) >= 11 is 0. The van der Waals surface area contributed by atoms with Gasteiger partial charge in [-0.2, -0.15) is 0 Å². The van der Waals surface area contributed by atoms with Crippen LogP contribution in [0.5, 0.6) is 0 Å². The van der Waals surface area contributed by atoms with E-state index in [0.29, 0.717) is 6.54 Å². The lowest BCUT2D eigenvalue weighted by Crippen LogP contribution is -2.39. The fraction of sp³-hybridized carbons (Fsp3) is 0.875. The van der Waals surface area contributed by atoms with E-state index in [0.717, 1.165) is 6.54 Å². The van der Waals surface area contributed by atoms with Crippen molar-refractivity contribution in [2.45, 2.75) is 6.92 Å². The van der Waals surface area contributed by atoms with Gasteiger partial charge in [-0.05, 0) is 21.0 Å². The lowest BCUT2D eigenvalue weighted by atomic mass is 10.5. The Hall–Kier alpha value is -0.660. The van der Waals surface area contributed by atoms with Crippen LogP contribution in [-0.2, 0) is 14.8 Å². The van der Waals surface area contributed by atoms with Gasteiger partial charge in [0.25, 0.3) is 0 Å². The summed E-state index contributed by atoms with van der Waals surface area (Å²) in [6.45, 7) is 2.57. The van der Waals surface area contributed by atoms with E-state index < -0.39 is 10.0 Å². The molecule has 0 aliphatic rings. The number of amides is 1. The Kier molecular flexibility index (Phi) is 6.46. The maximum atomic E-state index is 11.1. The Balaban J connectivity index is 3.67. The van der Waals surface area contributed by atoms with Crippen LogP contribution in [0.15, 0.2) is 0 Å². The number of carbonyl (C=O) groups excluding carboxylic acids is 1. The van der Waals surface area contributed by atoms with Crippen molar-refractivity contribution in [2.75, 3.05) is 39.5 Å². The molecule has 15 heavy (non-hydrogen) atoms. The Morgan fingerprint density at radius 3 is 2.40 bits per heavy atom. The molecule has 90 valence electrons. The van der Waals surface area contributed by atoms with Crippen LogP contribution in [-0.4, -0.2) is 58.7 Å². The van der Waals surface area contributed by atoms with E-state index in [1.54, 1.807) is 0 Å². The first-order valence-electron chi connectivity index (χ1n) is 4.76. The minimum atomic E-state index is -3.28. The van der Waals surface area contributed by atoms with Crippen LogP contribution in [0.25, 0.3) is 0 Å². The Morgan fingerprint density at radius 2 is 1.93 bits per heavy atom. The smallest absolute Gasteiger partial charge is 0.235 e. The van der Waals surface area contributed by atoms with E-state index in [1.807, 2.05) is 19.0 Å². The van der Waals surface area contributed by atoms with Gasteiger partial charge in [-0.3, -0.25) is 4.79 Å². The van der Waals surface area contributed by atoms with Gasteiger partial charge in [-0.15, -0.1) is 0 Å². The minimum absolute atomic E-state index is 0.0159. The molecule has 1 amide bonds. The van der Waals surface area contributed by atoms with Crippen molar-refractivity contribution in [2.24, 2.45) is 0 Å². The van der Waals surface area contributed by atoms with Gasteiger partial charge in [0.2, 0.25) is 15.9 Å². The normalized spacial score (nSPS) is 11.7. The second-order valence-corrected chi connectivity index (χ2v) is 5.47. The number of nitrogens with one attached hydrogen (secondary N) is 2. The zero-order valence-corrected chi connectivity index (χ0v) is 10.2. The zero-order valence-electron chi connectivity index (χ0n) is 9.41. The lowest BCUT2D eigenvalue weighted by Gasteiger charge is -2.10. The van der Waals surface area contributed by atoms with Gasteiger partial charge < -0.3 is 10.2 Å². The number of rotatable bonds is 7. The van der Waals surface area contributed by atoms with Gasteiger partial charge >= 0.3 is 0 Å². The van der Waals surface area contributed by atoms with Crippen molar-refractivity contribution >= 4 is 15.9 Å². The van der Waals surface area contributed by atoms with Gasteiger partial charge in [0, 0.05) is 13.1 Å². The molecule has 0 aliphatic heterocycles. The topological polar surface area (TPSA) is 78.5 Å². The van der Waals surface area contributed by atoms with E-state index in [2.05, 4.69) is 10.0 Å². The average Bonchev–Trinajstić information content (AvgIpc) is 2.14. The van der Waals surface area contributed by atoms with Crippen LogP contribution in [0.3, 0.4) is 0 Å². The zero-order chi connectivity index (χ0) is 11.9. The Labute approximate surface area is 91.1 Å². The van der Waals surface area contributed by atoms with Crippen LogP contribution in [0, 0.1) is 0 Å². The number of hydrogen-bond donors (Lipinski definition) is 2. The SMILES string of the molecule is CCS(=O)(=O)NCC(=O)NCCN(C)C. The van der Waals surface area contributed by atoms with Crippen molar-refractivity contribution in [3.05, 3.63) is 0 Å². The highest BCUT2D eigenvalue weighted by molar-refractivity contribution is 7.89. The lowest BCUT2D eigenvalue weighted by molar-refractivity contribution is -0.119. The second kappa shape index (κ2) is 6.76. The third kappa shape index (κ3) is 8.34. The summed E-state index contributed by atoms with van der Waals surface area (Å²) in [5.74, 6) is -0.327. The summed E-state index contributed by atoms with van der Waals surface area (Å²) < 4.78 is 24.2. The molecule has 0 fully saturated rings. The van der Waals surface area contributed by atoms with Gasteiger partial charge in [0.05, 0.1) is 12.3 Å². The van der Waals surface area contributed by atoms with Gasteiger partial charge in [0.15, 0.2) is 0 Å². The molecular weight excluding hydrogens is 218 g/mol. The molecule has 0 aliphatic carbocycles. The van der Waals surface area contributed by atoms with Gasteiger partial charge in [-0.1, -0.05) is 0 Å².